The van der Waals surface area contributed by atoms with Crippen LogP contribution in [0.15, 0.2) is 58.1 Å². The lowest BCUT2D eigenvalue weighted by Gasteiger charge is -2.14. The number of aromatic nitrogens is 2. The molecule has 0 spiro atoms. The predicted molar refractivity (Wildman–Crippen MR) is 97.2 cm³/mol. The molecule has 7 heteroatoms. The van der Waals surface area contributed by atoms with Gasteiger partial charge < -0.3 is 9.30 Å². The van der Waals surface area contributed by atoms with Gasteiger partial charge in [-0.25, -0.2) is 8.78 Å². The molecule has 0 aliphatic rings. The first-order valence-corrected chi connectivity index (χ1v) is 8.60. The summed E-state index contributed by atoms with van der Waals surface area (Å²) in [5.74, 6) is -1.04. The summed E-state index contributed by atoms with van der Waals surface area (Å²) in [5, 5.41) is 0. The van der Waals surface area contributed by atoms with E-state index in [2.05, 4.69) is 20.9 Å². The zero-order valence-corrected chi connectivity index (χ0v) is 15.5. The van der Waals surface area contributed by atoms with Crippen LogP contribution in [0, 0.1) is 18.6 Å². The summed E-state index contributed by atoms with van der Waals surface area (Å²) in [4.78, 5) is 16.7. The van der Waals surface area contributed by atoms with Gasteiger partial charge in [-0.3, -0.25) is 9.78 Å². The van der Waals surface area contributed by atoms with Crippen molar-refractivity contribution in [3.8, 4) is 5.75 Å². The van der Waals surface area contributed by atoms with Crippen LogP contribution in [0.2, 0.25) is 0 Å². The molecule has 0 saturated heterocycles. The molecule has 4 nitrogen and oxygen atoms in total. The van der Waals surface area contributed by atoms with E-state index in [1.807, 2.05) is 6.07 Å². The lowest BCUT2D eigenvalue weighted by molar-refractivity contribution is 0.296. The molecule has 0 atom stereocenters. The predicted octanol–water partition coefficient (Wildman–Crippen LogP) is 4.22. The third-order valence-corrected chi connectivity index (χ3v) is 4.61. The molecule has 134 valence electrons. The van der Waals surface area contributed by atoms with Gasteiger partial charge >= 0.3 is 0 Å². The average Bonchev–Trinajstić information content (AvgIpc) is 2.63. The van der Waals surface area contributed by atoms with Gasteiger partial charge in [0.25, 0.3) is 5.56 Å². The summed E-state index contributed by atoms with van der Waals surface area (Å²) in [6, 6.07) is 8.66. The van der Waals surface area contributed by atoms with E-state index in [4.69, 9.17) is 4.74 Å². The number of rotatable bonds is 5. The van der Waals surface area contributed by atoms with Crippen molar-refractivity contribution in [1.29, 1.82) is 0 Å². The molecule has 0 fully saturated rings. The van der Waals surface area contributed by atoms with Gasteiger partial charge in [0.15, 0.2) is 0 Å². The Bertz CT molecular complexity index is 991. The number of hydrogen-bond donors (Lipinski definition) is 0. The molecule has 0 radical (unpaired) electrons. The lowest BCUT2D eigenvalue weighted by Crippen LogP contribution is -2.24. The molecule has 0 aliphatic carbocycles. The third kappa shape index (κ3) is 3.99. The molecule has 0 aliphatic heterocycles. The van der Waals surface area contributed by atoms with Crippen LogP contribution in [-0.4, -0.2) is 9.55 Å². The Hall–Kier alpha value is -2.54. The minimum absolute atomic E-state index is 0.115. The van der Waals surface area contributed by atoms with E-state index < -0.39 is 11.6 Å². The van der Waals surface area contributed by atoms with E-state index in [9.17, 15) is 13.6 Å². The Morgan fingerprint density at radius 1 is 1.23 bits per heavy atom. The molecule has 0 saturated carbocycles. The van der Waals surface area contributed by atoms with E-state index >= 15 is 0 Å². The first-order chi connectivity index (χ1) is 12.5. The number of aryl methyl sites for hydroxylation is 1. The molecule has 0 bridgehead atoms. The maximum atomic E-state index is 13.7. The Morgan fingerprint density at radius 2 is 2.04 bits per heavy atom. The monoisotopic (exact) mass is 420 g/mol. The topological polar surface area (TPSA) is 44.1 Å². The van der Waals surface area contributed by atoms with Gasteiger partial charge in [0.1, 0.15) is 28.5 Å². The zero-order valence-electron chi connectivity index (χ0n) is 13.9. The highest BCUT2D eigenvalue weighted by Gasteiger charge is 2.13. The molecule has 26 heavy (non-hydrogen) atoms. The van der Waals surface area contributed by atoms with Crippen molar-refractivity contribution in [2.24, 2.45) is 0 Å². The van der Waals surface area contributed by atoms with Crippen molar-refractivity contribution < 1.29 is 13.5 Å². The summed E-state index contributed by atoms with van der Waals surface area (Å²) in [7, 11) is 0. The summed E-state index contributed by atoms with van der Waals surface area (Å²) >= 11 is 3.25. The van der Waals surface area contributed by atoms with Gasteiger partial charge in [-0.05, 0) is 46.6 Å². The second-order valence-corrected chi connectivity index (χ2v) is 6.53. The highest BCUT2D eigenvalue weighted by Crippen LogP contribution is 2.24. The minimum atomic E-state index is -0.692. The summed E-state index contributed by atoms with van der Waals surface area (Å²) in [6.07, 6.45) is 3.36. The van der Waals surface area contributed by atoms with Gasteiger partial charge in [-0.2, -0.15) is 0 Å². The van der Waals surface area contributed by atoms with Crippen LogP contribution in [0.3, 0.4) is 0 Å². The fourth-order valence-corrected chi connectivity index (χ4v) is 2.93. The van der Waals surface area contributed by atoms with Crippen molar-refractivity contribution in [2.45, 2.75) is 20.1 Å². The minimum Gasteiger partial charge on any atom is -0.487 e. The van der Waals surface area contributed by atoms with E-state index in [1.165, 1.54) is 6.07 Å². The van der Waals surface area contributed by atoms with Crippen LogP contribution in [0.25, 0.3) is 0 Å². The first-order valence-electron chi connectivity index (χ1n) is 7.81. The zero-order chi connectivity index (χ0) is 18.7. The number of pyridine rings is 2. The molecule has 1 aromatic carbocycles. The van der Waals surface area contributed by atoms with Crippen LogP contribution in [0.4, 0.5) is 8.78 Å². The van der Waals surface area contributed by atoms with Crippen LogP contribution in [0.1, 0.15) is 16.8 Å². The van der Waals surface area contributed by atoms with E-state index in [-0.39, 0.29) is 22.2 Å². The third-order valence-electron chi connectivity index (χ3n) is 3.88. The average molecular weight is 421 g/mol. The Morgan fingerprint density at radius 3 is 2.73 bits per heavy atom. The van der Waals surface area contributed by atoms with Crippen LogP contribution < -0.4 is 10.3 Å². The largest absolute Gasteiger partial charge is 0.487 e. The van der Waals surface area contributed by atoms with Gasteiger partial charge in [0.2, 0.25) is 0 Å². The first kappa shape index (κ1) is 18.3. The summed E-state index contributed by atoms with van der Waals surface area (Å²) < 4.78 is 34.1. The van der Waals surface area contributed by atoms with Crippen LogP contribution >= 0.6 is 15.9 Å². The number of ether oxygens (including phenoxy) is 1. The van der Waals surface area contributed by atoms with Gasteiger partial charge in [-0.15, -0.1) is 0 Å². The second kappa shape index (κ2) is 7.78. The Labute approximate surface area is 157 Å². The van der Waals surface area contributed by atoms with Gasteiger partial charge in [0.05, 0.1) is 6.54 Å². The van der Waals surface area contributed by atoms with Crippen molar-refractivity contribution in [1.82, 2.24) is 9.55 Å². The number of nitrogens with zero attached hydrogens (tertiary/aromatic N) is 2. The molecular formula is C19H15BrF2N2O2. The van der Waals surface area contributed by atoms with Crippen LogP contribution in [-0.2, 0) is 13.2 Å². The van der Waals surface area contributed by atoms with Crippen molar-refractivity contribution in [3.05, 3.63) is 92.1 Å². The fourth-order valence-electron chi connectivity index (χ4n) is 2.49. The van der Waals surface area contributed by atoms with Crippen molar-refractivity contribution >= 4 is 15.9 Å². The second-order valence-electron chi connectivity index (χ2n) is 5.74. The fraction of sp³-hybridized carbons (Fsp3) is 0.158. The molecule has 0 unspecified atom stereocenters. The Kier molecular flexibility index (Phi) is 5.46. The Balaban J connectivity index is 1.84. The maximum Gasteiger partial charge on any atom is 0.269 e. The standard InChI is InChI=1S/C19H15BrF2N2O2/c1-12-7-17(26-11-14-4-5-15(21)8-16(14)22)18(20)19(25)24(12)10-13-3-2-6-23-9-13/h2-9H,10-11H2,1H3. The smallest absolute Gasteiger partial charge is 0.269 e. The van der Waals surface area contributed by atoms with Crippen LogP contribution in [0.5, 0.6) is 5.75 Å². The molecule has 0 N–H and O–H groups in total. The summed E-state index contributed by atoms with van der Waals surface area (Å²) in [5.41, 5.74) is 1.53. The van der Waals surface area contributed by atoms with Gasteiger partial charge in [0, 0.05) is 35.8 Å². The number of halogens is 3. The van der Waals surface area contributed by atoms with Crippen molar-refractivity contribution in [3.63, 3.8) is 0 Å². The van der Waals surface area contributed by atoms with Crippen molar-refractivity contribution in [2.75, 3.05) is 0 Å². The highest BCUT2D eigenvalue weighted by atomic mass is 79.9. The van der Waals surface area contributed by atoms with E-state index in [0.717, 1.165) is 17.7 Å². The van der Waals surface area contributed by atoms with E-state index in [1.54, 1.807) is 36.0 Å². The van der Waals surface area contributed by atoms with Gasteiger partial charge in [-0.1, -0.05) is 6.07 Å². The molecule has 2 aromatic heterocycles. The lowest BCUT2D eigenvalue weighted by atomic mass is 10.2. The quantitative estimate of drug-likeness (QED) is 0.620. The molecule has 3 rings (SSSR count). The highest BCUT2D eigenvalue weighted by molar-refractivity contribution is 9.10. The molecular weight excluding hydrogens is 406 g/mol. The SMILES string of the molecule is Cc1cc(OCc2ccc(F)cc2F)c(Br)c(=O)n1Cc1cccnc1. The maximum absolute atomic E-state index is 13.7. The number of benzene rings is 1. The molecule has 2 heterocycles. The normalized spacial score (nSPS) is 10.8. The summed E-state index contributed by atoms with van der Waals surface area (Å²) in [6.45, 7) is 2.05. The van der Waals surface area contributed by atoms with E-state index in [0.29, 0.717) is 18.0 Å². The number of hydrogen-bond acceptors (Lipinski definition) is 3. The molecule has 0 amide bonds. The molecule has 3 aromatic rings.